The second kappa shape index (κ2) is 8.14. The fourth-order valence-electron chi connectivity index (χ4n) is 2.47. The molecule has 7 heteroatoms. The van der Waals surface area contributed by atoms with Crippen LogP contribution in [0.5, 0.6) is 0 Å². The second-order valence-electron chi connectivity index (χ2n) is 5.65. The number of carbonyl (C=O) groups is 1. The van der Waals surface area contributed by atoms with Crippen LogP contribution in [0, 0.1) is 5.82 Å². The Morgan fingerprint density at radius 3 is 2.54 bits per heavy atom. The number of hydrogen-bond donors (Lipinski definition) is 1. The topological polar surface area (TPSA) is 59.8 Å². The summed E-state index contributed by atoms with van der Waals surface area (Å²) in [5.74, 6) is 0.0189. The van der Waals surface area contributed by atoms with Crippen LogP contribution in [0.15, 0.2) is 59.8 Å². The number of rotatable bonds is 6. The third-order valence-corrected chi connectivity index (χ3v) is 4.93. The maximum atomic E-state index is 13.7. The first-order valence-electron chi connectivity index (χ1n) is 8.30. The molecule has 0 aliphatic carbocycles. The predicted octanol–water partition coefficient (Wildman–Crippen LogP) is 4.22. The minimum absolute atomic E-state index is 0.173. The second-order valence-corrected chi connectivity index (χ2v) is 6.95. The highest BCUT2D eigenvalue weighted by Gasteiger charge is 2.21. The predicted molar refractivity (Wildman–Crippen MR) is 101 cm³/mol. The first-order chi connectivity index (χ1) is 12.6. The molecule has 1 heterocycles. The lowest BCUT2D eigenvalue weighted by atomic mass is 10.2. The van der Waals surface area contributed by atoms with Crippen LogP contribution in [-0.2, 0) is 11.3 Å². The Kier molecular flexibility index (Phi) is 5.68. The highest BCUT2D eigenvalue weighted by Crippen LogP contribution is 2.27. The lowest BCUT2D eigenvalue weighted by Crippen LogP contribution is -2.23. The summed E-state index contributed by atoms with van der Waals surface area (Å²) in [4.78, 5) is 12.4. The maximum Gasteiger partial charge on any atom is 0.237 e. The highest BCUT2D eigenvalue weighted by molar-refractivity contribution is 8.00. The van der Waals surface area contributed by atoms with Crippen molar-refractivity contribution in [1.82, 2.24) is 14.8 Å². The van der Waals surface area contributed by atoms with E-state index in [1.165, 1.54) is 23.9 Å². The smallest absolute Gasteiger partial charge is 0.237 e. The van der Waals surface area contributed by atoms with E-state index in [9.17, 15) is 9.18 Å². The van der Waals surface area contributed by atoms with Gasteiger partial charge in [-0.05, 0) is 26.0 Å². The zero-order valence-corrected chi connectivity index (χ0v) is 15.3. The number of benzene rings is 2. The van der Waals surface area contributed by atoms with Crippen LogP contribution in [0.25, 0.3) is 11.4 Å². The Labute approximate surface area is 155 Å². The first-order valence-corrected chi connectivity index (χ1v) is 9.18. The zero-order valence-electron chi connectivity index (χ0n) is 14.5. The maximum absolute atomic E-state index is 13.7. The van der Waals surface area contributed by atoms with Crippen LogP contribution in [0.1, 0.15) is 13.8 Å². The summed E-state index contributed by atoms with van der Waals surface area (Å²) >= 11 is 1.30. The molecule has 2 aromatic carbocycles. The molecule has 0 bridgehead atoms. The average molecular weight is 370 g/mol. The largest absolute Gasteiger partial charge is 0.323 e. The van der Waals surface area contributed by atoms with Crippen molar-refractivity contribution < 1.29 is 9.18 Å². The van der Waals surface area contributed by atoms with Crippen molar-refractivity contribution in [1.29, 1.82) is 0 Å². The van der Waals surface area contributed by atoms with E-state index in [1.54, 1.807) is 19.1 Å². The lowest BCUT2D eigenvalue weighted by molar-refractivity contribution is -0.115. The van der Waals surface area contributed by atoms with Gasteiger partial charge in [-0.2, -0.15) is 0 Å². The third kappa shape index (κ3) is 3.94. The Hall–Kier alpha value is -2.67. The van der Waals surface area contributed by atoms with Crippen LogP contribution < -0.4 is 5.32 Å². The van der Waals surface area contributed by atoms with E-state index in [4.69, 9.17) is 0 Å². The quantitative estimate of drug-likeness (QED) is 0.660. The molecule has 0 fully saturated rings. The molecule has 0 spiro atoms. The number of anilines is 1. The first kappa shape index (κ1) is 18.1. The van der Waals surface area contributed by atoms with Gasteiger partial charge in [-0.15, -0.1) is 10.2 Å². The molecule has 134 valence electrons. The van der Waals surface area contributed by atoms with Gasteiger partial charge < -0.3 is 9.88 Å². The number of nitrogens with one attached hydrogen (secondary N) is 1. The van der Waals surface area contributed by atoms with Gasteiger partial charge in [0.2, 0.25) is 5.91 Å². The number of halogens is 1. The van der Waals surface area contributed by atoms with Crippen molar-refractivity contribution in [3.8, 4) is 11.4 Å². The summed E-state index contributed by atoms with van der Waals surface area (Å²) in [7, 11) is 0. The van der Waals surface area contributed by atoms with Crippen LogP contribution in [0.2, 0.25) is 0 Å². The molecule has 1 aromatic heterocycles. The van der Waals surface area contributed by atoms with Gasteiger partial charge in [-0.25, -0.2) is 4.39 Å². The van der Waals surface area contributed by atoms with Crippen molar-refractivity contribution in [2.45, 2.75) is 30.8 Å². The van der Waals surface area contributed by atoms with Crippen molar-refractivity contribution in [2.24, 2.45) is 0 Å². The molecule has 0 radical (unpaired) electrons. The molecule has 1 amide bonds. The lowest BCUT2D eigenvalue weighted by Gasteiger charge is -2.13. The summed E-state index contributed by atoms with van der Waals surface area (Å²) in [5, 5.41) is 11.3. The standard InChI is InChI=1S/C19H19FN4OS/c1-3-24-17(14-9-5-4-6-10-14)22-23-19(24)26-13(2)18(25)21-16-12-8-7-11-15(16)20/h4-13H,3H2,1-2H3,(H,21,25)/t13-/m0/s1. The Morgan fingerprint density at radius 1 is 1.15 bits per heavy atom. The molecule has 0 aliphatic rings. The van der Waals surface area contributed by atoms with E-state index in [0.29, 0.717) is 11.7 Å². The Bertz CT molecular complexity index is 898. The summed E-state index contributed by atoms with van der Waals surface area (Å²) in [6, 6.07) is 15.9. The summed E-state index contributed by atoms with van der Waals surface area (Å²) in [5.41, 5.74) is 1.14. The van der Waals surface area contributed by atoms with Gasteiger partial charge in [-0.3, -0.25) is 4.79 Å². The SMILES string of the molecule is CCn1c(S[C@@H](C)C(=O)Nc2ccccc2F)nnc1-c1ccccc1. The summed E-state index contributed by atoms with van der Waals surface area (Å²) in [6.45, 7) is 4.45. The van der Waals surface area contributed by atoms with E-state index in [1.807, 2.05) is 41.8 Å². The minimum atomic E-state index is -0.457. The van der Waals surface area contributed by atoms with E-state index in [2.05, 4.69) is 15.5 Å². The molecule has 3 aromatic rings. The minimum Gasteiger partial charge on any atom is -0.323 e. The molecule has 26 heavy (non-hydrogen) atoms. The van der Waals surface area contributed by atoms with Gasteiger partial charge >= 0.3 is 0 Å². The number of nitrogens with zero attached hydrogens (tertiary/aromatic N) is 3. The zero-order chi connectivity index (χ0) is 18.5. The van der Waals surface area contributed by atoms with Crippen molar-refractivity contribution in [3.05, 3.63) is 60.4 Å². The number of thioether (sulfide) groups is 1. The Morgan fingerprint density at radius 2 is 1.85 bits per heavy atom. The van der Waals surface area contributed by atoms with Crippen LogP contribution in [-0.4, -0.2) is 25.9 Å². The highest BCUT2D eigenvalue weighted by atomic mass is 32.2. The average Bonchev–Trinajstić information content (AvgIpc) is 3.06. The van der Waals surface area contributed by atoms with Crippen molar-refractivity contribution in [2.75, 3.05) is 5.32 Å². The van der Waals surface area contributed by atoms with Gasteiger partial charge in [0.25, 0.3) is 0 Å². The number of hydrogen-bond acceptors (Lipinski definition) is 4. The fraction of sp³-hybridized carbons (Fsp3) is 0.211. The van der Waals surface area contributed by atoms with E-state index in [0.717, 1.165) is 11.4 Å². The van der Waals surface area contributed by atoms with Gasteiger partial charge in [0.15, 0.2) is 11.0 Å². The number of carbonyl (C=O) groups excluding carboxylic acids is 1. The molecule has 5 nitrogen and oxygen atoms in total. The Balaban J connectivity index is 1.75. The molecule has 1 atom stereocenters. The molecule has 3 rings (SSSR count). The van der Waals surface area contributed by atoms with Gasteiger partial charge in [0.1, 0.15) is 5.82 Å². The number of aromatic nitrogens is 3. The number of amides is 1. The van der Waals surface area contributed by atoms with Crippen molar-refractivity contribution in [3.63, 3.8) is 0 Å². The van der Waals surface area contributed by atoms with Crippen LogP contribution in [0.4, 0.5) is 10.1 Å². The van der Waals surface area contributed by atoms with Crippen molar-refractivity contribution >= 4 is 23.4 Å². The monoisotopic (exact) mass is 370 g/mol. The summed E-state index contributed by atoms with van der Waals surface area (Å²) in [6.07, 6.45) is 0. The molecule has 0 saturated heterocycles. The normalized spacial score (nSPS) is 12.0. The molecule has 0 saturated carbocycles. The molecule has 1 N–H and O–H groups in total. The molecular formula is C19H19FN4OS. The van der Waals surface area contributed by atoms with Gasteiger partial charge in [-0.1, -0.05) is 54.2 Å². The van der Waals surface area contributed by atoms with E-state index < -0.39 is 11.1 Å². The van der Waals surface area contributed by atoms with Crippen LogP contribution in [0.3, 0.4) is 0 Å². The van der Waals surface area contributed by atoms with E-state index >= 15 is 0 Å². The fourth-order valence-corrected chi connectivity index (χ4v) is 3.38. The molecule has 0 unspecified atom stereocenters. The van der Waals surface area contributed by atoms with E-state index in [-0.39, 0.29) is 11.6 Å². The summed E-state index contributed by atoms with van der Waals surface area (Å²) < 4.78 is 15.7. The van der Waals surface area contributed by atoms with Gasteiger partial charge in [0, 0.05) is 12.1 Å². The van der Waals surface area contributed by atoms with Crippen LogP contribution >= 0.6 is 11.8 Å². The molecular weight excluding hydrogens is 351 g/mol. The van der Waals surface area contributed by atoms with Gasteiger partial charge in [0.05, 0.1) is 10.9 Å². The number of para-hydroxylation sites is 1. The molecule has 0 aliphatic heterocycles. The third-order valence-electron chi connectivity index (χ3n) is 3.85.